The molecule has 7 nitrogen and oxygen atoms in total. The fourth-order valence-electron chi connectivity index (χ4n) is 4.08. The van der Waals surface area contributed by atoms with Crippen LogP contribution in [-0.4, -0.2) is 15.0 Å². The average Bonchev–Trinajstić information content (AvgIpc) is 3.38. The number of rotatable bonds is 10. The van der Waals surface area contributed by atoms with Crippen LogP contribution in [0.5, 0.6) is 0 Å². The molecule has 0 aliphatic carbocycles. The fourth-order valence-corrected chi connectivity index (χ4v) is 5.12. The fraction of sp³-hybridized carbons (Fsp3) is 0.259. The number of aromatic nitrogens is 2. The van der Waals surface area contributed by atoms with Crippen molar-refractivity contribution in [3.05, 3.63) is 103 Å². The second-order valence-electron chi connectivity index (χ2n) is 8.41. The van der Waals surface area contributed by atoms with E-state index in [-0.39, 0.29) is 24.6 Å². The van der Waals surface area contributed by atoms with Gasteiger partial charge in [-0.2, -0.15) is 5.26 Å². The summed E-state index contributed by atoms with van der Waals surface area (Å²) in [7, 11) is 0. The van der Waals surface area contributed by atoms with E-state index in [1.165, 1.54) is 15.9 Å². The van der Waals surface area contributed by atoms with Gasteiger partial charge in [-0.25, -0.2) is 4.79 Å². The maximum atomic E-state index is 13.3. The minimum Gasteiger partial charge on any atom is -0.352 e. The molecule has 0 fully saturated rings. The molecule has 1 amide bonds. The van der Waals surface area contributed by atoms with E-state index in [9.17, 15) is 19.6 Å². The molecule has 0 aliphatic rings. The predicted molar refractivity (Wildman–Crippen MR) is 142 cm³/mol. The van der Waals surface area contributed by atoms with Crippen LogP contribution >= 0.6 is 22.9 Å². The number of fused-ring (bicyclic) bond motifs is 1. The summed E-state index contributed by atoms with van der Waals surface area (Å²) in [4.78, 5) is 38.5. The van der Waals surface area contributed by atoms with Crippen LogP contribution in [0.15, 0.2) is 69.6 Å². The molecule has 4 aromatic rings. The zero-order valence-electron chi connectivity index (χ0n) is 19.6. The first-order valence-electron chi connectivity index (χ1n) is 11.7. The first kappa shape index (κ1) is 25.4. The molecule has 1 N–H and O–H groups in total. The van der Waals surface area contributed by atoms with Crippen LogP contribution in [0.2, 0.25) is 5.02 Å². The summed E-state index contributed by atoms with van der Waals surface area (Å²) in [6, 6.07) is 18.4. The first-order chi connectivity index (χ1) is 17.5. The molecule has 4 rings (SSSR count). The SMILES string of the molecule is N#Cc1ccccc1Cn1c(=O)n(CCCCCC(=O)NCc2ccccc2Cl)c(=O)c2sccc21. The van der Waals surface area contributed by atoms with Crippen LogP contribution in [0.3, 0.4) is 0 Å². The van der Waals surface area contributed by atoms with E-state index < -0.39 is 5.69 Å². The lowest BCUT2D eigenvalue weighted by molar-refractivity contribution is -0.121. The lowest BCUT2D eigenvalue weighted by Gasteiger charge is -2.13. The molecule has 0 radical (unpaired) electrons. The molecule has 9 heteroatoms. The molecular formula is C27H25ClN4O3S. The molecule has 36 heavy (non-hydrogen) atoms. The van der Waals surface area contributed by atoms with Gasteiger partial charge in [0.05, 0.1) is 23.7 Å². The number of carbonyl (C=O) groups excluding carboxylic acids is 1. The molecular weight excluding hydrogens is 496 g/mol. The Morgan fingerprint density at radius 2 is 1.72 bits per heavy atom. The number of thiophene rings is 1. The minimum absolute atomic E-state index is 0.0643. The van der Waals surface area contributed by atoms with Crippen molar-refractivity contribution in [2.24, 2.45) is 0 Å². The number of amides is 1. The first-order valence-corrected chi connectivity index (χ1v) is 12.9. The van der Waals surface area contributed by atoms with E-state index in [1.807, 2.05) is 30.3 Å². The average molecular weight is 521 g/mol. The van der Waals surface area contributed by atoms with E-state index in [2.05, 4.69) is 11.4 Å². The van der Waals surface area contributed by atoms with Gasteiger partial charge in [-0.1, -0.05) is 54.4 Å². The zero-order chi connectivity index (χ0) is 25.5. The molecule has 184 valence electrons. The largest absolute Gasteiger partial charge is 0.352 e. The number of nitrogens with zero attached hydrogens (tertiary/aromatic N) is 3. The Balaban J connectivity index is 1.39. The van der Waals surface area contributed by atoms with E-state index in [4.69, 9.17) is 11.6 Å². The molecule has 2 heterocycles. The van der Waals surface area contributed by atoms with Gasteiger partial charge in [-0.05, 0) is 47.5 Å². The van der Waals surface area contributed by atoms with Gasteiger partial charge in [-0.3, -0.25) is 18.7 Å². The zero-order valence-corrected chi connectivity index (χ0v) is 21.1. The van der Waals surface area contributed by atoms with Crippen LogP contribution in [0.25, 0.3) is 10.2 Å². The van der Waals surface area contributed by atoms with Gasteiger partial charge in [0.1, 0.15) is 4.70 Å². The van der Waals surface area contributed by atoms with Crippen molar-refractivity contribution in [1.29, 1.82) is 5.26 Å². The number of carbonyl (C=O) groups is 1. The Kier molecular flexibility index (Phi) is 8.36. The standard InChI is InChI=1S/C27H25ClN4O3S/c28-22-11-6-5-9-20(22)17-30-24(33)12-2-1-7-14-31-26(34)25-23(13-15-36-25)32(27(31)35)18-21-10-4-3-8-19(21)16-29/h3-6,8-11,13,15H,1-2,7,12,14,17-18H2,(H,30,33). The van der Waals surface area contributed by atoms with E-state index in [0.717, 1.165) is 11.1 Å². The van der Waals surface area contributed by atoms with Crippen LogP contribution in [-0.2, 0) is 24.4 Å². The van der Waals surface area contributed by atoms with E-state index in [0.29, 0.717) is 53.0 Å². The lowest BCUT2D eigenvalue weighted by Crippen LogP contribution is -2.40. The van der Waals surface area contributed by atoms with Gasteiger partial charge < -0.3 is 5.32 Å². The topological polar surface area (TPSA) is 96.9 Å². The highest BCUT2D eigenvalue weighted by molar-refractivity contribution is 7.17. The highest BCUT2D eigenvalue weighted by Gasteiger charge is 2.15. The lowest BCUT2D eigenvalue weighted by atomic mass is 10.1. The normalized spacial score (nSPS) is 10.9. The summed E-state index contributed by atoms with van der Waals surface area (Å²) in [5, 5.41) is 14.7. The van der Waals surface area contributed by atoms with Crippen molar-refractivity contribution < 1.29 is 4.79 Å². The quantitative estimate of drug-likeness (QED) is 0.307. The minimum atomic E-state index is -0.392. The molecule has 0 saturated carbocycles. The highest BCUT2D eigenvalue weighted by atomic mass is 35.5. The Hall–Kier alpha value is -3.67. The molecule has 2 aromatic carbocycles. The third-order valence-electron chi connectivity index (χ3n) is 6.02. The van der Waals surface area contributed by atoms with Crippen molar-refractivity contribution in [3.8, 4) is 6.07 Å². The van der Waals surface area contributed by atoms with Crippen molar-refractivity contribution in [2.75, 3.05) is 0 Å². The van der Waals surface area contributed by atoms with Crippen LogP contribution in [0.4, 0.5) is 0 Å². The van der Waals surface area contributed by atoms with Gasteiger partial charge in [-0.15, -0.1) is 11.3 Å². The third kappa shape index (κ3) is 5.76. The second kappa shape index (κ2) is 11.8. The van der Waals surface area contributed by atoms with Crippen LogP contribution < -0.4 is 16.6 Å². The van der Waals surface area contributed by atoms with Gasteiger partial charge in [0, 0.05) is 24.5 Å². The Morgan fingerprint density at radius 1 is 0.972 bits per heavy atom. The summed E-state index contributed by atoms with van der Waals surface area (Å²) in [5.74, 6) is -0.0643. The number of benzene rings is 2. The Labute approximate surface area is 217 Å². The number of nitrogens with one attached hydrogen (secondary N) is 1. The van der Waals surface area contributed by atoms with Gasteiger partial charge in [0.15, 0.2) is 0 Å². The van der Waals surface area contributed by atoms with Crippen molar-refractivity contribution in [2.45, 2.75) is 45.3 Å². The third-order valence-corrected chi connectivity index (χ3v) is 7.28. The molecule has 0 saturated heterocycles. The number of hydrogen-bond acceptors (Lipinski definition) is 5. The number of hydrogen-bond donors (Lipinski definition) is 1. The molecule has 0 atom stereocenters. The van der Waals surface area contributed by atoms with Gasteiger partial charge >= 0.3 is 5.69 Å². The van der Waals surface area contributed by atoms with Crippen molar-refractivity contribution in [1.82, 2.24) is 14.5 Å². The van der Waals surface area contributed by atoms with Crippen LogP contribution in [0, 0.1) is 11.3 Å². The van der Waals surface area contributed by atoms with Gasteiger partial charge in [0.25, 0.3) is 5.56 Å². The molecule has 0 aliphatic heterocycles. The molecule has 0 bridgehead atoms. The van der Waals surface area contributed by atoms with Crippen molar-refractivity contribution >= 4 is 39.1 Å². The Morgan fingerprint density at radius 3 is 2.50 bits per heavy atom. The number of unbranched alkanes of at least 4 members (excludes halogenated alkanes) is 2. The number of nitriles is 1. The smallest absolute Gasteiger partial charge is 0.331 e. The summed E-state index contributed by atoms with van der Waals surface area (Å²) in [5.41, 5.74) is 1.98. The molecule has 2 aromatic heterocycles. The van der Waals surface area contributed by atoms with E-state index in [1.54, 1.807) is 34.2 Å². The van der Waals surface area contributed by atoms with E-state index >= 15 is 0 Å². The maximum absolute atomic E-state index is 13.3. The molecule has 0 unspecified atom stereocenters. The Bertz CT molecular complexity index is 1550. The highest BCUT2D eigenvalue weighted by Crippen LogP contribution is 2.18. The number of halogens is 1. The van der Waals surface area contributed by atoms with Crippen LogP contribution in [0.1, 0.15) is 42.4 Å². The maximum Gasteiger partial charge on any atom is 0.331 e. The predicted octanol–water partition coefficient (Wildman–Crippen LogP) is 4.67. The summed E-state index contributed by atoms with van der Waals surface area (Å²) in [6.45, 7) is 0.859. The monoisotopic (exact) mass is 520 g/mol. The second-order valence-corrected chi connectivity index (χ2v) is 9.73. The summed E-state index contributed by atoms with van der Waals surface area (Å²) in [6.07, 6.45) is 2.30. The summed E-state index contributed by atoms with van der Waals surface area (Å²) >= 11 is 7.42. The van der Waals surface area contributed by atoms with Gasteiger partial charge in [0.2, 0.25) is 5.91 Å². The molecule has 0 spiro atoms. The van der Waals surface area contributed by atoms with Crippen molar-refractivity contribution in [3.63, 3.8) is 0 Å². The summed E-state index contributed by atoms with van der Waals surface area (Å²) < 4.78 is 3.35.